The second kappa shape index (κ2) is 4.07. The number of furan rings is 1. The first kappa shape index (κ1) is 11.2. The van der Waals surface area contributed by atoms with E-state index in [-0.39, 0.29) is 17.5 Å². The van der Waals surface area contributed by atoms with Crippen LogP contribution in [0.15, 0.2) is 29.0 Å². The fraction of sp³-hybridized carbons (Fsp3) is 0. The Morgan fingerprint density at radius 2 is 2.26 bits per heavy atom. The Morgan fingerprint density at radius 3 is 3.00 bits per heavy atom. The van der Waals surface area contributed by atoms with Crippen molar-refractivity contribution in [2.75, 3.05) is 10.7 Å². The molecule has 3 aromatic heterocycles. The van der Waals surface area contributed by atoms with Crippen LogP contribution >= 0.6 is 0 Å². The number of amides is 1. The van der Waals surface area contributed by atoms with Crippen LogP contribution in [0, 0.1) is 0 Å². The number of hydrogen-bond donors (Lipinski definition) is 3. The van der Waals surface area contributed by atoms with E-state index in [9.17, 15) is 4.79 Å². The highest BCUT2D eigenvalue weighted by Crippen LogP contribution is 2.22. The Balaban J connectivity index is 2.08. The van der Waals surface area contributed by atoms with Gasteiger partial charge in [0.05, 0.1) is 17.8 Å². The van der Waals surface area contributed by atoms with Crippen molar-refractivity contribution in [3.8, 4) is 0 Å². The van der Waals surface area contributed by atoms with Gasteiger partial charge in [-0.1, -0.05) is 0 Å². The smallest absolute Gasteiger partial charge is 0.309 e. The number of nitrogens with two attached hydrogens (primary N) is 2. The summed E-state index contributed by atoms with van der Waals surface area (Å²) in [5.41, 5.74) is 5.95. The Kier molecular flexibility index (Phi) is 2.39. The summed E-state index contributed by atoms with van der Waals surface area (Å²) in [6, 6.07) is 3.09. The van der Waals surface area contributed by atoms with E-state index in [1.165, 1.54) is 18.5 Å². The highest BCUT2D eigenvalue weighted by atomic mass is 16.3. The zero-order chi connectivity index (χ0) is 13.4. The normalized spacial score (nSPS) is 10.8. The number of hydrogen-bond acceptors (Lipinski definition) is 7. The van der Waals surface area contributed by atoms with Gasteiger partial charge in [-0.3, -0.25) is 9.89 Å². The molecule has 0 radical (unpaired) electrons. The van der Waals surface area contributed by atoms with Gasteiger partial charge < -0.3 is 10.2 Å². The third kappa shape index (κ3) is 1.77. The first-order valence-electron chi connectivity index (χ1n) is 5.26. The summed E-state index contributed by atoms with van der Waals surface area (Å²) in [5, 5.41) is 7.76. The molecule has 96 valence electrons. The van der Waals surface area contributed by atoms with Gasteiger partial charge in [-0.2, -0.15) is 15.1 Å². The van der Waals surface area contributed by atoms with Crippen molar-refractivity contribution in [1.29, 1.82) is 0 Å². The lowest BCUT2D eigenvalue weighted by Gasteiger charge is -2.14. The third-order valence-corrected chi connectivity index (χ3v) is 2.49. The van der Waals surface area contributed by atoms with Gasteiger partial charge in [0.25, 0.3) is 0 Å². The molecule has 3 heterocycles. The molecule has 9 heteroatoms. The van der Waals surface area contributed by atoms with Gasteiger partial charge in [-0.05, 0) is 12.1 Å². The summed E-state index contributed by atoms with van der Waals surface area (Å²) in [4.78, 5) is 19.9. The molecule has 0 aliphatic rings. The molecule has 0 spiro atoms. The number of aromatic amines is 1. The Bertz CT molecular complexity index is 734. The van der Waals surface area contributed by atoms with Crippen LogP contribution in [0.1, 0.15) is 10.6 Å². The van der Waals surface area contributed by atoms with E-state index >= 15 is 0 Å². The monoisotopic (exact) mass is 259 g/mol. The number of nitrogen functional groups attached to an aromatic ring is 1. The number of carbonyl (C=O) groups excluding carboxylic acids is 1. The summed E-state index contributed by atoms with van der Waals surface area (Å²) in [6.45, 7) is 0. The molecule has 0 aliphatic carbocycles. The van der Waals surface area contributed by atoms with Gasteiger partial charge in [0.2, 0.25) is 5.95 Å². The average molecular weight is 259 g/mol. The molecule has 5 N–H and O–H groups in total. The fourth-order valence-corrected chi connectivity index (χ4v) is 1.64. The van der Waals surface area contributed by atoms with Crippen molar-refractivity contribution in [3.63, 3.8) is 0 Å². The number of aromatic nitrogens is 4. The van der Waals surface area contributed by atoms with Crippen LogP contribution < -0.4 is 16.6 Å². The largest absolute Gasteiger partial charge is 0.459 e. The quantitative estimate of drug-likeness (QED) is 0.335. The summed E-state index contributed by atoms with van der Waals surface area (Å²) in [6.07, 6.45) is 2.84. The molecule has 0 fully saturated rings. The number of nitrogens with zero attached hydrogens (tertiary/aromatic N) is 4. The van der Waals surface area contributed by atoms with Crippen molar-refractivity contribution in [2.45, 2.75) is 0 Å². The molecule has 0 saturated carbocycles. The van der Waals surface area contributed by atoms with Gasteiger partial charge in [0, 0.05) is 0 Å². The number of anilines is 2. The average Bonchev–Trinajstić information content (AvgIpc) is 3.06. The maximum absolute atomic E-state index is 12.1. The lowest BCUT2D eigenvalue weighted by molar-refractivity contribution is 0.0959. The van der Waals surface area contributed by atoms with Gasteiger partial charge in [-0.15, -0.1) is 0 Å². The van der Waals surface area contributed by atoms with Crippen molar-refractivity contribution in [3.05, 3.63) is 30.4 Å². The molecule has 0 saturated heterocycles. The second-order valence-electron chi connectivity index (χ2n) is 3.69. The standard InChI is InChI=1S/C10H9N7O2/c11-10-14-7-5(4-13-16-7)8(15-10)17(12)9(18)6-2-1-3-19-6/h1-4H,12H2,(H3,11,13,14,15,16). The molecule has 3 aromatic rings. The summed E-state index contributed by atoms with van der Waals surface area (Å²) < 4.78 is 4.99. The first-order valence-corrected chi connectivity index (χ1v) is 5.26. The summed E-state index contributed by atoms with van der Waals surface area (Å²) in [7, 11) is 0. The molecule has 1 amide bonds. The van der Waals surface area contributed by atoms with E-state index in [2.05, 4.69) is 20.2 Å². The number of fused-ring (bicyclic) bond motifs is 1. The van der Waals surface area contributed by atoms with Crippen molar-refractivity contribution in [2.24, 2.45) is 5.84 Å². The minimum absolute atomic E-state index is 0.0190. The van der Waals surface area contributed by atoms with Gasteiger partial charge in [0.1, 0.15) is 0 Å². The van der Waals surface area contributed by atoms with E-state index in [4.69, 9.17) is 16.0 Å². The number of hydrazine groups is 1. The predicted octanol–water partition coefficient (Wildman–Crippen LogP) is 0.0486. The second-order valence-corrected chi connectivity index (χ2v) is 3.69. The molecular weight excluding hydrogens is 250 g/mol. The maximum atomic E-state index is 12.1. The Morgan fingerprint density at radius 1 is 1.42 bits per heavy atom. The van der Waals surface area contributed by atoms with Crippen LogP contribution in [0.2, 0.25) is 0 Å². The number of carbonyl (C=O) groups is 1. The number of rotatable bonds is 2. The van der Waals surface area contributed by atoms with Crippen LogP contribution in [0.3, 0.4) is 0 Å². The molecule has 0 aromatic carbocycles. The van der Waals surface area contributed by atoms with E-state index in [1.54, 1.807) is 6.07 Å². The van der Waals surface area contributed by atoms with Gasteiger partial charge in [-0.25, -0.2) is 10.9 Å². The van der Waals surface area contributed by atoms with Crippen LogP contribution in [0.4, 0.5) is 11.8 Å². The number of nitrogens with one attached hydrogen (secondary N) is 1. The highest BCUT2D eigenvalue weighted by Gasteiger charge is 2.21. The molecule has 0 atom stereocenters. The fourth-order valence-electron chi connectivity index (χ4n) is 1.64. The van der Waals surface area contributed by atoms with Crippen molar-refractivity contribution < 1.29 is 9.21 Å². The molecule has 0 unspecified atom stereocenters. The van der Waals surface area contributed by atoms with Crippen LogP contribution in [-0.2, 0) is 0 Å². The van der Waals surface area contributed by atoms with Crippen LogP contribution in [0.25, 0.3) is 11.0 Å². The molecule has 9 nitrogen and oxygen atoms in total. The Labute approximate surface area is 106 Å². The molecular formula is C10H9N7O2. The maximum Gasteiger partial charge on any atom is 0.309 e. The minimum Gasteiger partial charge on any atom is -0.459 e. The highest BCUT2D eigenvalue weighted by molar-refractivity contribution is 6.06. The number of H-pyrrole nitrogens is 1. The van der Waals surface area contributed by atoms with E-state index in [0.29, 0.717) is 11.0 Å². The third-order valence-electron chi connectivity index (χ3n) is 2.49. The SMILES string of the molecule is Nc1nc(N(N)C(=O)c2ccco2)c2cn[nH]c2n1. The van der Waals surface area contributed by atoms with E-state index < -0.39 is 5.91 Å². The lowest BCUT2D eigenvalue weighted by atomic mass is 10.3. The minimum atomic E-state index is -0.550. The van der Waals surface area contributed by atoms with Crippen LogP contribution in [-0.4, -0.2) is 26.1 Å². The molecule has 19 heavy (non-hydrogen) atoms. The summed E-state index contributed by atoms with van der Waals surface area (Å²) >= 11 is 0. The van der Waals surface area contributed by atoms with Gasteiger partial charge in [0.15, 0.2) is 17.2 Å². The Hall–Kier alpha value is -2.94. The predicted molar refractivity (Wildman–Crippen MR) is 65.8 cm³/mol. The topological polar surface area (TPSA) is 140 Å². The molecule has 0 aliphatic heterocycles. The molecule has 3 rings (SSSR count). The lowest BCUT2D eigenvalue weighted by Crippen LogP contribution is -2.38. The zero-order valence-electron chi connectivity index (χ0n) is 9.57. The van der Waals surface area contributed by atoms with Crippen molar-refractivity contribution in [1.82, 2.24) is 20.2 Å². The first-order chi connectivity index (χ1) is 9.16. The van der Waals surface area contributed by atoms with E-state index in [1.807, 2.05) is 0 Å². The van der Waals surface area contributed by atoms with Gasteiger partial charge >= 0.3 is 5.91 Å². The zero-order valence-corrected chi connectivity index (χ0v) is 9.57. The van der Waals surface area contributed by atoms with Crippen LogP contribution in [0.5, 0.6) is 0 Å². The van der Waals surface area contributed by atoms with Crippen molar-refractivity contribution >= 4 is 28.7 Å². The molecule has 0 bridgehead atoms. The summed E-state index contributed by atoms with van der Waals surface area (Å²) in [5.74, 6) is 5.44. The van der Waals surface area contributed by atoms with E-state index in [0.717, 1.165) is 5.01 Å².